The molecule has 2 aromatic heterocycles. The zero-order valence-corrected chi connectivity index (χ0v) is 13.2. The van der Waals surface area contributed by atoms with E-state index in [1.165, 1.54) is 0 Å². The molecule has 2 heterocycles. The molecule has 0 aliphatic carbocycles. The van der Waals surface area contributed by atoms with Gasteiger partial charge in [0, 0.05) is 10.9 Å². The number of thiophene rings is 1. The van der Waals surface area contributed by atoms with Crippen molar-refractivity contribution in [3.63, 3.8) is 0 Å². The number of benzene rings is 1. The molecule has 0 saturated carbocycles. The van der Waals surface area contributed by atoms with E-state index in [1.807, 2.05) is 0 Å². The maximum absolute atomic E-state index is 12.7. The average Bonchev–Trinajstić information content (AvgIpc) is 2.96. The summed E-state index contributed by atoms with van der Waals surface area (Å²) in [6, 6.07) is 7.13. The smallest absolute Gasteiger partial charge is 0.291 e. The van der Waals surface area contributed by atoms with Gasteiger partial charge in [-0.3, -0.25) is 4.98 Å². The van der Waals surface area contributed by atoms with Gasteiger partial charge in [-0.05, 0) is 18.2 Å². The Labute approximate surface area is 141 Å². The van der Waals surface area contributed by atoms with Crippen LogP contribution in [0, 0.1) is 0 Å². The van der Waals surface area contributed by atoms with E-state index in [9.17, 15) is 22.8 Å². The van der Waals surface area contributed by atoms with Crippen LogP contribution in [-0.2, 0) is 6.18 Å². The Hall–Kier alpha value is -2.39. The van der Waals surface area contributed by atoms with Gasteiger partial charge < -0.3 is 0 Å². The zero-order valence-electron chi connectivity index (χ0n) is 11.6. The fourth-order valence-corrected chi connectivity index (χ4v) is 3.12. The van der Waals surface area contributed by atoms with Crippen LogP contribution in [0.4, 0.5) is 13.2 Å². The molecule has 0 amide bonds. The molecule has 10 heteroatoms. The first-order chi connectivity index (χ1) is 11.3. The van der Waals surface area contributed by atoms with E-state index in [4.69, 9.17) is 11.6 Å². The molecule has 1 N–H and O–H groups in total. The van der Waals surface area contributed by atoms with Crippen molar-refractivity contribution in [3.05, 3.63) is 67.3 Å². The number of rotatable bonds is 2. The van der Waals surface area contributed by atoms with Gasteiger partial charge in [0.2, 0.25) is 0 Å². The van der Waals surface area contributed by atoms with Crippen molar-refractivity contribution in [2.45, 2.75) is 6.18 Å². The summed E-state index contributed by atoms with van der Waals surface area (Å²) in [7, 11) is 0. The van der Waals surface area contributed by atoms with Gasteiger partial charge in [-0.25, -0.2) is 14.2 Å². The molecule has 0 radical (unpaired) electrons. The molecule has 0 unspecified atom stereocenters. The van der Waals surface area contributed by atoms with Crippen molar-refractivity contribution in [1.29, 1.82) is 0 Å². The second-order valence-electron chi connectivity index (χ2n) is 4.66. The lowest BCUT2D eigenvalue weighted by Gasteiger charge is -2.05. The van der Waals surface area contributed by atoms with Gasteiger partial charge in [0.05, 0.1) is 10.6 Å². The average molecular weight is 374 g/mol. The van der Waals surface area contributed by atoms with E-state index in [0.29, 0.717) is 21.5 Å². The van der Waals surface area contributed by atoms with Crippen LogP contribution < -0.4 is 11.4 Å². The molecule has 24 heavy (non-hydrogen) atoms. The van der Waals surface area contributed by atoms with Crippen LogP contribution in [0.2, 0.25) is 5.02 Å². The van der Waals surface area contributed by atoms with Crippen LogP contribution in [0.1, 0.15) is 5.56 Å². The van der Waals surface area contributed by atoms with Gasteiger partial charge in [0.25, 0.3) is 0 Å². The highest BCUT2D eigenvalue weighted by molar-refractivity contribution is 7.12. The third-order valence-electron chi connectivity index (χ3n) is 3.09. The number of halogens is 4. The lowest BCUT2D eigenvalue weighted by Crippen LogP contribution is -2.35. The zero-order chi connectivity index (χ0) is 17.5. The predicted octanol–water partition coefficient (Wildman–Crippen LogP) is 3.32. The number of aromatic amines is 1. The minimum absolute atomic E-state index is 0.0561. The van der Waals surface area contributed by atoms with Crippen molar-refractivity contribution in [2.75, 3.05) is 0 Å². The Morgan fingerprint density at radius 2 is 1.92 bits per heavy atom. The van der Waals surface area contributed by atoms with Crippen LogP contribution in [0.3, 0.4) is 0 Å². The van der Waals surface area contributed by atoms with Crippen molar-refractivity contribution >= 4 is 22.9 Å². The Bertz CT molecular complexity index is 992. The molecule has 124 valence electrons. The maximum atomic E-state index is 12.7. The summed E-state index contributed by atoms with van der Waals surface area (Å²) in [4.78, 5) is 30.3. The van der Waals surface area contributed by atoms with Gasteiger partial charge in [-0.15, -0.1) is 11.3 Å². The van der Waals surface area contributed by atoms with Crippen LogP contribution in [0.15, 0.2) is 45.3 Å². The summed E-state index contributed by atoms with van der Waals surface area (Å²) in [5.41, 5.74) is -2.50. The number of hydrogen-bond acceptors (Lipinski definition) is 4. The standard InChI is InChI=1S/C14H7ClF3N3O2S/c15-9-4-2-1-3-8(9)11-19-12(22)21(13(23)20-11)10-5-7(6-24-10)14(16,17)18/h1-6H,(H,19,20,22,23). The van der Waals surface area contributed by atoms with E-state index >= 15 is 0 Å². The molecule has 5 nitrogen and oxygen atoms in total. The first-order valence-electron chi connectivity index (χ1n) is 6.42. The molecule has 1 aromatic carbocycles. The molecule has 0 atom stereocenters. The molecular weight excluding hydrogens is 367 g/mol. The molecule has 0 fully saturated rings. The van der Waals surface area contributed by atoms with Crippen molar-refractivity contribution in [2.24, 2.45) is 0 Å². The highest BCUT2D eigenvalue weighted by Crippen LogP contribution is 2.33. The third-order valence-corrected chi connectivity index (χ3v) is 4.33. The first kappa shape index (κ1) is 16.5. The summed E-state index contributed by atoms with van der Waals surface area (Å²) in [6.45, 7) is 0. The summed E-state index contributed by atoms with van der Waals surface area (Å²) in [6.07, 6.45) is -4.56. The molecular formula is C14H7ClF3N3O2S. The molecule has 0 bridgehead atoms. The number of H-pyrrole nitrogens is 1. The summed E-state index contributed by atoms with van der Waals surface area (Å²) < 4.78 is 38.5. The molecule has 3 rings (SSSR count). The van der Waals surface area contributed by atoms with Gasteiger partial charge in [-0.2, -0.15) is 18.2 Å². The Morgan fingerprint density at radius 3 is 2.50 bits per heavy atom. The highest BCUT2D eigenvalue weighted by Gasteiger charge is 2.32. The number of alkyl halides is 3. The predicted molar refractivity (Wildman–Crippen MR) is 83.8 cm³/mol. The number of hydrogen-bond donors (Lipinski definition) is 1. The fraction of sp³-hybridized carbons (Fsp3) is 0.0714. The van der Waals surface area contributed by atoms with E-state index in [1.54, 1.807) is 24.3 Å². The van der Waals surface area contributed by atoms with Crippen LogP contribution in [-0.4, -0.2) is 14.5 Å². The monoisotopic (exact) mass is 373 g/mol. The molecule has 0 saturated heterocycles. The third kappa shape index (κ3) is 3.00. The first-order valence-corrected chi connectivity index (χ1v) is 7.67. The molecule has 0 spiro atoms. The van der Waals surface area contributed by atoms with Crippen LogP contribution in [0.25, 0.3) is 16.4 Å². The normalized spacial score (nSPS) is 11.7. The number of nitrogens with one attached hydrogen (secondary N) is 1. The van der Waals surface area contributed by atoms with Crippen LogP contribution >= 0.6 is 22.9 Å². The molecule has 3 aromatic rings. The van der Waals surface area contributed by atoms with E-state index in [-0.39, 0.29) is 15.8 Å². The van der Waals surface area contributed by atoms with Crippen LogP contribution in [0.5, 0.6) is 0 Å². The highest BCUT2D eigenvalue weighted by atomic mass is 35.5. The Balaban J connectivity index is 2.13. The second kappa shape index (κ2) is 5.91. The summed E-state index contributed by atoms with van der Waals surface area (Å²) in [5, 5.41) is 0.920. The summed E-state index contributed by atoms with van der Waals surface area (Å²) >= 11 is 6.60. The van der Waals surface area contributed by atoms with Crippen molar-refractivity contribution < 1.29 is 13.2 Å². The van der Waals surface area contributed by atoms with Crippen molar-refractivity contribution in [3.8, 4) is 16.4 Å². The number of nitrogens with zero attached hydrogens (tertiary/aromatic N) is 2. The lowest BCUT2D eigenvalue weighted by molar-refractivity contribution is -0.137. The molecule has 0 aliphatic rings. The Kier molecular flexibility index (Phi) is 4.06. The minimum atomic E-state index is -4.56. The van der Waals surface area contributed by atoms with Gasteiger partial charge in [-0.1, -0.05) is 23.7 Å². The molecule has 0 aliphatic heterocycles. The maximum Gasteiger partial charge on any atom is 0.417 e. The van der Waals surface area contributed by atoms with E-state index in [0.717, 1.165) is 11.4 Å². The van der Waals surface area contributed by atoms with Gasteiger partial charge >= 0.3 is 17.6 Å². The second-order valence-corrected chi connectivity index (χ2v) is 5.96. The van der Waals surface area contributed by atoms with Gasteiger partial charge in [0.1, 0.15) is 10.8 Å². The SMILES string of the molecule is O=c1nc(-c2ccccc2Cl)[nH]c(=O)n1-c1cc(C(F)(F)F)cs1. The Morgan fingerprint density at radius 1 is 1.21 bits per heavy atom. The van der Waals surface area contributed by atoms with E-state index in [2.05, 4.69) is 9.97 Å². The number of aromatic nitrogens is 3. The van der Waals surface area contributed by atoms with Crippen molar-refractivity contribution in [1.82, 2.24) is 14.5 Å². The lowest BCUT2D eigenvalue weighted by atomic mass is 10.2. The minimum Gasteiger partial charge on any atom is -0.291 e. The van der Waals surface area contributed by atoms with Gasteiger partial charge in [0.15, 0.2) is 0 Å². The largest absolute Gasteiger partial charge is 0.417 e. The van der Waals surface area contributed by atoms with E-state index < -0.39 is 23.1 Å². The quantitative estimate of drug-likeness (QED) is 0.749. The summed E-state index contributed by atoms with van der Waals surface area (Å²) in [5.74, 6) is -0.0561. The topological polar surface area (TPSA) is 67.8 Å². The fourth-order valence-electron chi connectivity index (χ4n) is 1.98.